The van der Waals surface area contributed by atoms with Crippen molar-refractivity contribution in [3.05, 3.63) is 112 Å². The Morgan fingerprint density at radius 2 is 1.63 bits per heavy atom. The molecule has 8 heteroatoms. The minimum absolute atomic E-state index is 0.197. The summed E-state index contributed by atoms with van der Waals surface area (Å²) in [6.07, 6.45) is 7.76. The van der Waals surface area contributed by atoms with E-state index in [2.05, 4.69) is 67.0 Å². The summed E-state index contributed by atoms with van der Waals surface area (Å²) in [5.74, 6) is 1.04. The van der Waals surface area contributed by atoms with Gasteiger partial charge >= 0.3 is 6.03 Å². The van der Waals surface area contributed by atoms with Gasteiger partial charge < -0.3 is 15.0 Å². The first-order valence-electron chi connectivity index (χ1n) is 16.1. The summed E-state index contributed by atoms with van der Waals surface area (Å²) in [5, 5.41) is 4.00. The summed E-state index contributed by atoms with van der Waals surface area (Å²) in [6, 6.07) is 21.1. The summed E-state index contributed by atoms with van der Waals surface area (Å²) in [5.41, 5.74) is 5.67. The number of hydrogen-bond donors (Lipinski definition) is 2. The van der Waals surface area contributed by atoms with Gasteiger partial charge in [-0.25, -0.2) is 9.78 Å². The van der Waals surface area contributed by atoms with Gasteiger partial charge in [-0.05, 0) is 76.9 Å². The number of para-hydroxylation sites is 1. The third-order valence-electron chi connectivity index (χ3n) is 8.14. The van der Waals surface area contributed by atoms with E-state index in [0.29, 0.717) is 30.1 Å². The second-order valence-corrected chi connectivity index (χ2v) is 12.2. The van der Waals surface area contributed by atoms with E-state index in [1.165, 1.54) is 0 Å². The van der Waals surface area contributed by atoms with Gasteiger partial charge in [-0.2, -0.15) is 0 Å². The number of ether oxygens (including phenoxy) is 1. The monoisotopic (exact) mass is 617 g/mol. The van der Waals surface area contributed by atoms with Gasteiger partial charge in [0.05, 0.1) is 0 Å². The zero-order valence-electron chi connectivity index (χ0n) is 27.3. The number of anilines is 2. The van der Waals surface area contributed by atoms with Gasteiger partial charge in [0, 0.05) is 41.8 Å². The molecule has 8 nitrogen and oxygen atoms in total. The van der Waals surface area contributed by atoms with Gasteiger partial charge in [0.15, 0.2) is 0 Å². The Labute approximate surface area is 270 Å². The Bertz CT molecular complexity index is 1820. The number of fused-ring (bicyclic) bond motifs is 1. The average molecular weight is 618 g/mol. The van der Waals surface area contributed by atoms with E-state index in [4.69, 9.17) is 4.74 Å². The van der Waals surface area contributed by atoms with E-state index in [-0.39, 0.29) is 29.1 Å². The lowest BCUT2D eigenvalue weighted by Crippen LogP contribution is -2.40. The van der Waals surface area contributed by atoms with Crippen LogP contribution in [0.1, 0.15) is 82.4 Å². The van der Waals surface area contributed by atoms with E-state index >= 15 is 0 Å². The minimum atomic E-state index is -0.378. The number of pyridine rings is 3. The van der Waals surface area contributed by atoms with Crippen molar-refractivity contribution in [2.45, 2.75) is 72.3 Å². The molecule has 3 heterocycles. The predicted molar refractivity (Wildman–Crippen MR) is 187 cm³/mol. The fourth-order valence-electron chi connectivity index (χ4n) is 5.76. The minimum Gasteiger partial charge on any atom is -0.489 e. The molecule has 2 amide bonds. The number of benzene rings is 2. The fourth-order valence-corrected chi connectivity index (χ4v) is 5.76. The zero-order chi connectivity index (χ0) is 32.6. The molecule has 0 radical (unpaired) electrons. The van der Waals surface area contributed by atoms with Gasteiger partial charge in [-0.15, -0.1) is 0 Å². The highest BCUT2D eigenvalue weighted by atomic mass is 16.5. The Morgan fingerprint density at radius 1 is 0.913 bits per heavy atom. The van der Waals surface area contributed by atoms with Crippen LogP contribution < -0.4 is 20.5 Å². The number of carbonyl (C=O) groups is 1. The molecule has 0 atom stereocenters. The summed E-state index contributed by atoms with van der Waals surface area (Å²) in [4.78, 5) is 41.6. The molecule has 0 bridgehead atoms. The maximum absolute atomic E-state index is 14.5. The largest absolute Gasteiger partial charge is 0.489 e. The molecule has 5 aromatic rings. The molecule has 0 fully saturated rings. The first kappa shape index (κ1) is 32.4. The van der Waals surface area contributed by atoms with Crippen molar-refractivity contribution in [2.75, 3.05) is 16.8 Å². The molecule has 46 heavy (non-hydrogen) atoms. The number of hydrogen-bond acceptors (Lipinski definition) is 5. The molecule has 238 valence electrons. The zero-order valence-corrected chi connectivity index (χ0v) is 27.3. The number of aromatic nitrogens is 3. The quantitative estimate of drug-likeness (QED) is 0.136. The molecule has 3 aromatic heterocycles. The van der Waals surface area contributed by atoms with Gasteiger partial charge in [-0.3, -0.25) is 14.7 Å². The number of urea groups is 1. The Balaban J connectivity index is 1.64. The summed E-state index contributed by atoms with van der Waals surface area (Å²) < 4.78 is 6.15. The lowest BCUT2D eigenvalue weighted by atomic mass is 9.92. The summed E-state index contributed by atoms with van der Waals surface area (Å²) in [7, 11) is 0. The lowest BCUT2D eigenvalue weighted by molar-refractivity contribution is 0.256. The summed E-state index contributed by atoms with van der Waals surface area (Å²) in [6.45, 7) is 11.4. The molecule has 2 N–H and O–H groups in total. The lowest BCUT2D eigenvalue weighted by Gasteiger charge is -2.28. The Kier molecular flexibility index (Phi) is 10.5. The molecular formula is C38H43N5O3. The molecule has 0 unspecified atom stereocenters. The molecule has 0 saturated carbocycles. The maximum Gasteiger partial charge on any atom is 0.326 e. The number of nitrogens with one attached hydrogen (secondary N) is 2. The predicted octanol–water partition coefficient (Wildman–Crippen LogP) is 9.04. The van der Waals surface area contributed by atoms with Crippen molar-refractivity contribution in [3.8, 4) is 16.9 Å². The number of carbonyl (C=O) groups excluding carboxylic acids is 1. The molecule has 0 aliphatic rings. The van der Waals surface area contributed by atoms with Gasteiger partial charge in [0.25, 0.3) is 5.56 Å². The number of H-pyrrole nitrogens is 1. The van der Waals surface area contributed by atoms with E-state index < -0.39 is 0 Å². The van der Waals surface area contributed by atoms with Crippen LogP contribution in [0.2, 0.25) is 0 Å². The van der Waals surface area contributed by atoms with Crippen LogP contribution >= 0.6 is 0 Å². The average Bonchev–Trinajstić information content (AvgIpc) is 3.06. The molecule has 0 aliphatic heterocycles. The van der Waals surface area contributed by atoms with Crippen molar-refractivity contribution in [1.82, 2.24) is 15.0 Å². The van der Waals surface area contributed by atoms with Gasteiger partial charge in [0.1, 0.15) is 23.7 Å². The van der Waals surface area contributed by atoms with Crippen LogP contribution in [0.25, 0.3) is 22.2 Å². The van der Waals surface area contributed by atoms with E-state index in [1.807, 2.05) is 54.6 Å². The topological polar surface area (TPSA) is 100 Å². The van der Waals surface area contributed by atoms with E-state index in [0.717, 1.165) is 52.6 Å². The number of amides is 2. The highest BCUT2D eigenvalue weighted by Crippen LogP contribution is 2.37. The third-order valence-corrected chi connectivity index (χ3v) is 8.14. The second kappa shape index (κ2) is 14.9. The standard InChI is InChI=1S/C38H43N5O3/c1-6-7-8-22-43(38(45)41-34-30(25(2)3)14-10-15-31(34)26(4)5)35-33(32-16-11-19-40-36(32)42-37(35)44)28-12-9-13-29(23-28)46-24-27-17-20-39-21-18-27/h9-21,23,25-26H,6-8,22,24H2,1-5H3,(H,41,45)(H,40,42,44). The third kappa shape index (κ3) is 7.28. The molecule has 0 spiro atoms. The van der Waals surface area contributed by atoms with Crippen LogP contribution in [0, 0.1) is 0 Å². The van der Waals surface area contributed by atoms with Crippen LogP contribution in [-0.2, 0) is 6.61 Å². The van der Waals surface area contributed by atoms with Crippen molar-refractivity contribution < 1.29 is 9.53 Å². The summed E-state index contributed by atoms with van der Waals surface area (Å²) >= 11 is 0. The van der Waals surface area contributed by atoms with Crippen LogP contribution in [-0.4, -0.2) is 27.5 Å². The fraction of sp³-hybridized carbons (Fsp3) is 0.316. The highest BCUT2D eigenvalue weighted by molar-refractivity contribution is 6.09. The molecule has 0 aliphatic carbocycles. The Hall–Kier alpha value is -4.98. The van der Waals surface area contributed by atoms with Crippen molar-refractivity contribution >= 4 is 28.4 Å². The van der Waals surface area contributed by atoms with Crippen LogP contribution in [0.15, 0.2) is 90.1 Å². The van der Waals surface area contributed by atoms with Crippen LogP contribution in [0.4, 0.5) is 16.2 Å². The van der Waals surface area contributed by atoms with Gasteiger partial charge in [-0.1, -0.05) is 77.8 Å². The number of rotatable bonds is 12. The first-order chi connectivity index (χ1) is 22.3. The maximum atomic E-state index is 14.5. The Morgan fingerprint density at radius 3 is 2.33 bits per heavy atom. The molecule has 0 saturated heterocycles. The van der Waals surface area contributed by atoms with Gasteiger partial charge in [0.2, 0.25) is 0 Å². The number of unbranched alkanes of at least 4 members (excludes halogenated alkanes) is 2. The number of aromatic amines is 1. The molecule has 2 aromatic carbocycles. The van der Waals surface area contributed by atoms with Crippen molar-refractivity contribution in [3.63, 3.8) is 0 Å². The molecule has 5 rings (SSSR count). The van der Waals surface area contributed by atoms with Crippen molar-refractivity contribution in [1.29, 1.82) is 0 Å². The molecular weight excluding hydrogens is 574 g/mol. The second-order valence-electron chi connectivity index (χ2n) is 12.2. The van der Waals surface area contributed by atoms with E-state index in [1.54, 1.807) is 23.5 Å². The normalized spacial score (nSPS) is 11.3. The number of nitrogens with zero attached hydrogens (tertiary/aromatic N) is 3. The SMILES string of the molecule is CCCCCN(C(=O)Nc1c(C(C)C)cccc1C(C)C)c1c(-c2cccc(OCc3ccncc3)c2)c2cccnc2[nH]c1=O. The van der Waals surface area contributed by atoms with E-state index in [9.17, 15) is 9.59 Å². The highest BCUT2D eigenvalue weighted by Gasteiger charge is 2.27. The van der Waals surface area contributed by atoms with Crippen molar-refractivity contribution in [2.24, 2.45) is 0 Å². The first-order valence-corrected chi connectivity index (χ1v) is 16.1. The van der Waals surface area contributed by atoms with Crippen LogP contribution in [0.3, 0.4) is 0 Å². The smallest absolute Gasteiger partial charge is 0.326 e. The van der Waals surface area contributed by atoms with Crippen LogP contribution in [0.5, 0.6) is 5.75 Å².